The fourth-order valence-corrected chi connectivity index (χ4v) is 8.63. The Labute approximate surface area is 204 Å². The van der Waals surface area contributed by atoms with Crippen molar-refractivity contribution < 1.29 is 5.11 Å². The Morgan fingerprint density at radius 2 is 1.22 bits per heavy atom. The summed E-state index contributed by atoms with van der Waals surface area (Å²) in [5.41, 5.74) is 5.57. The van der Waals surface area contributed by atoms with Crippen molar-refractivity contribution in [1.82, 2.24) is 0 Å². The molecule has 0 fully saturated rings. The second-order valence-corrected chi connectivity index (χ2v) is 16.9. The monoisotopic (exact) mass is 470 g/mol. The number of phenols is 1. The van der Waals surface area contributed by atoms with E-state index in [2.05, 4.69) is 107 Å². The van der Waals surface area contributed by atoms with Crippen LogP contribution in [0.1, 0.15) is 105 Å². The topological polar surface area (TPSA) is 20.2 Å². The molecule has 0 amide bonds. The zero-order valence-corrected chi connectivity index (χ0v) is 24.9. The molecule has 2 aromatic rings. The molecule has 0 unspecified atom stereocenters. The molecule has 0 aliphatic carbocycles. The van der Waals surface area contributed by atoms with Crippen LogP contribution >= 0.6 is 11.8 Å². The molecule has 3 heteroatoms. The minimum atomic E-state index is -0.459. The van der Waals surface area contributed by atoms with Gasteiger partial charge in [-0.1, -0.05) is 106 Å². The van der Waals surface area contributed by atoms with Crippen LogP contribution in [0, 0.1) is 0 Å². The highest BCUT2D eigenvalue weighted by molar-refractivity contribution is 8.00. The molecule has 0 spiro atoms. The third kappa shape index (κ3) is 6.44. The predicted molar refractivity (Wildman–Crippen MR) is 148 cm³/mol. The van der Waals surface area contributed by atoms with Gasteiger partial charge in [-0.05, 0) is 55.9 Å². The molecular formula is C29H46OSSi. The van der Waals surface area contributed by atoms with Crippen LogP contribution in [0.2, 0.25) is 0 Å². The maximum atomic E-state index is 10.8. The molecule has 1 nitrogen and oxygen atoms in total. The van der Waals surface area contributed by atoms with Crippen LogP contribution in [0.3, 0.4) is 0 Å². The molecule has 2 aromatic carbocycles. The third-order valence-corrected chi connectivity index (χ3v) is 9.46. The first-order valence-corrected chi connectivity index (χ1v) is 14.7. The van der Waals surface area contributed by atoms with Gasteiger partial charge in [-0.3, -0.25) is 0 Å². The Hall–Kier alpha value is -1.19. The molecule has 0 saturated heterocycles. The normalized spacial score (nSPS) is 13.9. The smallest absolute Gasteiger partial charge is 0.119 e. The molecular weight excluding hydrogens is 424 g/mol. The Kier molecular flexibility index (Phi) is 7.79. The molecule has 0 heterocycles. The van der Waals surface area contributed by atoms with E-state index < -0.39 is 9.52 Å². The first-order valence-electron chi connectivity index (χ1n) is 12.0. The van der Waals surface area contributed by atoms with Crippen LogP contribution in [0.4, 0.5) is 0 Å². The molecule has 178 valence electrons. The second kappa shape index (κ2) is 9.22. The molecule has 2 rings (SSSR count). The summed E-state index contributed by atoms with van der Waals surface area (Å²) in [6.45, 7) is 27.3. The van der Waals surface area contributed by atoms with E-state index in [0.717, 1.165) is 10.9 Å². The molecule has 0 aliphatic rings. The van der Waals surface area contributed by atoms with Gasteiger partial charge in [0.25, 0.3) is 0 Å². The van der Waals surface area contributed by atoms with Crippen LogP contribution in [-0.2, 0) is 21.7 Å². The molecule has 0 saturated carbocycles. The number of rotatable bonds is 4. The van der Waals surface area contributed by atoms with E-state index in [-0.39, 0.29) is 21.7 Å². The van der Waals surface area contributed by atoms with Crippen LogP contribution in [0.15, 0.2) is 35.2 Å². The highest BCUT2D eigenvalue weighted by Gasteiger charge is 2.28. The average Bonchev–Trinajstić information content (AvgIpc) is 2.59. The Morgan fingerprint density at radius 1 is 0.688 bits per heavy atom. The van der Waals surface area contributed by atoms with E-state index in [1.807, 2.05) is 17.8 Å². The molecule has 0 bridgehead atoms. The maximum absolute atomic E-state index is 10.8. The number of thioether (sulfide) groups is 1. The minimum absolute atomic E-state index is 0.000500. The van der Waals surface area contributed by atoms with Gasteiger partial charge in [-0.15, -0.1) is 11.8 Å². The van der Waals surface area contributed by atoms with Crippen molar-refractivity contribution in [3.63, 3.8) is 0 Å². The Morgan fingerprint density at radius 3 is 1.69 bits per heavy atom. The summed E-state index contributed by atoms with van der Waals surface area (Å²) in [5, 5.41) is 13.5. The largest absolute Gasteiger partial charge is 0.508 e. The Balaban J connectivity index is 2.43. The van der Waals surface area contributed by atoms with Crippen molar-refractivity contribution in [3.05, 3.63) is 52.6 Å². The first-order chi connectivity index (χ1) is 14.3. The van der Waals surface area contributed by atoms with E-state index >= 15 is 0 Å². The van der Waals surface area contributed by atoms with Crippen molar-refractivity contribution in [3.8, 4) is 5.75 Å². The predicted octanol–water partition coefficient (Wildman–Crippen LogP) is 7.13. The van der Waals surface area contributed by atoms with E-state index in [9.17, 15) is 5.11 Å². The third-order valence-electron chi connectivity index (χ3n) is 6.05. The van der Waals surface area contributed by atoms with Gasteiger partial charge in [0.15, 0.2) is 0 Å². The molecule has 32 heavy (non-hydrogen) atoms. The van der Waals surface area contributed by atoms with Gasteiger partial charge in [0.05, 0.1) is 9.52 Å². The summed E-state index contributed by atoms with van der Waals surface area (Å²) in [6.07, 6.45) is 0. The van der Waals surface area contributed by atoms with Gasteiger partial charge in [0.1, 0.15) is 5.75 Å². The fourth-order valence-electron chi connectivity index (χ4n) is 4.46. The zero-order chi connectivity index (χ0) is 24.7. The highest BCUT2D eigenvalue weighted by Crippen LogP contribution is 2.41. The lowest BCUT2D eigenvalue weighted by atomic mass is 9.75. The van der Waals surface area contributed by atoms with Crippen molar-refractivity contribution in [2.75, 3.05) is 5.38 Å². The quantitative estimate of drug-likeness (QED) is 0.379. The van der Waals surface area contributed by atoms with Crippen molar-refractivity contribution in [1.29, 1.82) is 0 Å². The summed E-state index contributed by atoms with van der Waals surface area (Å²) in [4.78, 5) is 1.33. The van der Waals surface area contributed by atoms with Crippen molar-refractivity contribution in [2.24, 2.45) is 0 Å². The van der Waals surface area contributed by atoms with Crippen molar-refractivity contribution in [2.45, 2.75) is 110 Å². The molecule has 0 aromatic heterocycles. The van der Waals surface area contributed by atoms with E-state index in [1.54, 1.807) is 10.8 Å². The zero-order valence-electron chi connectivity index (χ0n) is 22.7. The first kappa shape index (κ1) is 27.1. The standard InChI is InChI=1S/C29H46OSSi/c1-26(2,3)19-14-13-15-24(25(19)29(10,11)12)32-18-31-23-17-20(27(4,5)6)22(30)16-21(23)28(7,8)9/h13-17,30H,18,32H2,1-12H3. The number of hydrogen-bond donors (Lipinski definition) is 1. The van der Waals surface area contributed by atoms with Gasteiger partial charge < -0.3 is 5.11 Å². The summed E-state index contributed by atoms with van der Waals surface area (Å²) in [6, 6.07) is 11.3. The lowest BCUT2D eigenvalue weighted by molar-refractivity contribution is 0.441. The van der Waals surface area contributed by atoms with Gasteiger partial charge in [0, 0.05) is 10.5 Å². The van der Waals surface area contributed by atoms with Gasteiger partial charge in [-0.2, -0.15) is 0 Å². The number of phenolic OH excluding ortho intramolecular Hbond substituents is 1. The highest BCUT2D eigenvalue weighted by atomic mass is 32.2. The van der Waals surface area contributed by atoms with Crippen molar-refractivity contribution >= 4 is 26.5 Å². The van der Waals surface area contributed by atoms with E-state index in [4.69, 9.17) is 0 Å². The van der Waals surface area contributed by atoms with E-state index in [1.165, 1.54) is 16.0 Å². The Bertz CT molecular complexity index is 947. The SMILES string of the molecule is CC(C)(C)c1cc(SC[SiH2]c2cccc(C(C)(C)C)c2C(C)(C)C)c(C(C)(C)C)cc1O. The lowest BCUT2D eigenvalue weighted by Gasteiger charge is -2.32. The number of benzene rings is 2. The number of hydrogen-bond acceptors (Lipinski definition) is 2. The fraction of sp³-hybridized carbons (Fsp3) is 0.586. The van der Waals surface area contributed by atoms with Crippen LogP contribution < -0.4 is 5.19 Å². The molecule has 1 N–H and O–H groups in total. The molecule has 0 atom stereocenters. The second-order valence-electron chi connectivity index (χ2n) is 13.3. The van der Waals surface area contributed by atoms with Crippen LogP contribution in [-0.4, -0.2) is 20.0 Å². The summed E-state index contributed by atoms with van der Waals surface area (Å²) in [7, 11) is -0.459. The lowest BCUT2D eigenvalue weighted by Crippen LogP contribution is -2.33. The van der Waals surface area contributed by atoms with Gasteiger partial charge in [-0.25, -0.2) is 0 Å². The minimum Gasteiger partial charge on any atom is -0.508 e. The van der Waals surface area contributed by atoms with Crippen LogP contribution in [0.25, 0.3) is 0 Å². The van der Waals surface area contributed by atoms with E-state index in [0.29, 0.717) is 5.75 Å². The summed E-state index contributed by atoms with van der Waals surface area (Å²) in [5.74, 6) is 0.428. The van der Waals surface area contributed by atoms with Crippen LogP contribution in [0.5, 0.6) is 5.75 Å². The summed E-state index contributed by atoms with van der Waals surface area (Å²) < 4.78 is 0. The molecule has 0 radical (unpaired) electrons. The average molecular weight is 471 g/mol. The summed E-state index contributed by atoms with van der Waals surface area (Å²) >= 11 is 1.99. The number of aromatic hydroxyl groups is 1. The van der Waals surface area contributed by atoms with Gasteiger partial charge in [0.2, 0.25) is 0 Å². The molecule has 0 aliphatic heterocycles. The van der Waals surface area contributed by atoms with Gasteiger partial charge >= 0.3 is 0 Å². The maximum Gasteiger partial charge on any atom is 0.119 e.